The van der Waals surface area contributed by atoms with Crippen molar-refractivity contribution in [3.63, 3.8) is 0 Å². The molecule has 2 heterocycles. The second kappa shape index (κ2) is 9.64. The quantitative estimate of drug-likeness (QED) is 0.511. The molecular formula is C24H26N6O3. The third kappa shape index (κ3) is 5.25. The van der Waals surface area contributed by atoms with Crippen LogP contribution in [0, 0.1) is 0 Å². The molecule has 170 valence electrons. The molecule has 0 fully saturated rings. The summed E-state index contributed by atoms with van der Waals surface area (Å²) in [5, 5.41) is 12.8. The highest BCUT2D eigenvalue weighted by Gasteiger charge is 2.30. The van der Waals surface area contributed by atoms with Crippen LogP contribution in [0.3, 0.4) is 0 Å². The fourth-order valence-electron chi connectivity index (χ4n) is 3.73. The molecule has 1 aliphatic rings. The first-order valence-corrected chi connectivity index (χ1v) is 10.8. The Labute approximate surface area is 191 Å². The molecule has 9 heteroatoms. The standard InChI is InChI=1S/C24H26N6O3/c1-15(31)8-9-17-10-11-18-20(12-17)30(2)24(33)19(14-25-18)26-23(32)22-27-21(28-29-22)13-16-6-4-3-5-7-16/h3-7,10-12,19,25H,8-9,13-14H2,1-2H3,(H,26,32)(H,27,28,29)/t19-/m0/s1. The first-order chi connectivity index (χ1) is 15.9. The average Bonchev–Trinajstić information content (AvgIpc) is 3.24. The van der Waals surface area contributed by atoms with Crippen LogP contribution in [0.2, 0.25) is 0 Å². The smallest absolute Gasteiger partial charge is 0.291 e. The maximum atomic E-state index is 13.1. The minimum Gasteiger partial charge on any atom is -0.381 e. The van der Waals surface area contributed by atoms with E-state index >= 15 is 0 Å². The Morgan fingerprint density at radius 2 is 1.94 bits per heavy atom. The molecule has 0 spiro atoms. The van der Waals surface area contributed by atoms with E-state index in [0.29, 0.717) is 30.8 Å². The van der Waals surface area contributed by atoms with E-state index in [1.54, 1.807) is 14.0 Å². The maximum Gasteiger partial charge on any atom is 0.291 e. The Balaban J connectivity index is 1.43. The van der Waals surface area contributed by atoms with Crippen LogP contribution in [0.4, 0.5) is 11.4 Å². The minimum absolute atomic E-state index is 0.00957. The largest absolute Gasteiger partial charge is 0.381 e. The molecule has 4 rings (SSSR count). The third-order valence-corrected chi connectivity index (χ3v) is 5.57. The van der Waals surface area contributed by atoms with E-state index in [4.69, 9.17) is 0 Å². The van der Waals surface area contributed by atoms with Gasteiger partial charge < -0.3 is 20.3 Å². The summed E-state index contributed by atoms with van der Waals surface area (Å²) in [6.07, 6.45) is 1.58. The average molecular weight is 447 g/mol. The van der Waals surface area contributed by atoms with E-state index in [1.807, 2.05) is 48.5 Å². The number of carbonyl (C=O) groups is 3. The van der Waals surface area contributed by atoms with Crippen molar-refractivity contribution in [2.75, 3.05) is 23.8 Å². The topological polar surface area (TPSA) is 120 Å². The number of anilines is 2. The molecule has 0 saturated heterocycles. The van der Waals surface area contributed by atoms with E-state index in [-0.39, 0.29) is 24.1 Å². The maximum absolute atomic E-state index is 13.1. The molecule has 1 aromatic heterocycles. The number of fused-ring (bicyclic) bond motifs is 1. The number of ketones is 1. The number of likely N-dealkylation sites (N-methyl/N-ethyl adjacent to an activating group) is 1. The summed E-state index contributed by atoms with van der Waals surface area (Å²) in [5.41, 5.74) is 3.52. The van der Waals surface area contributed by atoms with Gasteiger partial charge in [0.1, 0.15) is 17.6 Å². The molecule has 0 unspecified atom stereocenters. The molecule has 33 heavy (non-hydrogen) atoms. The van der Waals surface area contributed by atoms with Crippen molar-refractivity contribution in [2.45, 2.75) is 32.2 Å². The first-order valence-electron chi connectivity index (χ1n) is 10.8. The van der Waals surface area contributed by atoms with Gasteiger partial charge in [-0.3, -0.25) is 14.7 Å². The van der Waals surface area contributed by atoms with Crippen LogP contribution in [0.25, 0.3) is 0 Å². The van der Waals surface area contributed by atoms with Crippen molar-refractivity contribution in [1.29, 1.82) is 0 Å². The summed E-state index contributed by atoms with van der Waals surface area (Å²) in [4.78, 5) is 42.9. The number of Topliss-reactive ketones (excluding diaryl/α,β-unsaturated/α-hetero) is 1. The van der Waals surface area contributed by atoms with Crippen molar-refractivity contribution in [1.82, 2.24) is 20.5 Å². The SMILES string of the molecule is CC(=O)CCc1ccc2c(c1)N(C)C(=O)[C@@H](NC(=O)c1n[nH]c(Cc3ccccc3)n1)CN2. The lowest BCUT2D eigenvalue weighted by molar-refractivity contribution is -0.120. The Kier molecular flexibility index (Phi) is 6.48. The number of nitrogens with zero attached hydrogens (tertiary/aromatic N) is 3. The number of aromatic amines is 1. The fourth-order valence-corrected chi connectivity index (χ4v) is 3.73. The van der Waals surface area contributed by atoms with Crippen LogP contribution in [0.1, 0.15) is 40.9 Å². The molecule has 3 aromatic rings. The van der Waals surface area contributed by atoms with Gasteiger partial charge in [-0.05, 0) is 36.6 Å². The van der Waals surface area contributed by atoms with Gasteiger partial charge in [0.05, 0.1) is 11.4 Å². The second-order valence-corrected chi connectivity index (χ2v) is 8.13. The lowest BCUT2D eigenvalue weighted by Gasteiger charge is -2.21. The van der Waals surface area contributed by atoms with Gasteiger partial charge >= 0.3 is 0 Å². The zero-order valence-electron chi connectivity index (χ0n) is 18.6. The lowest BCUT2D eigenvalue weighted by atomic mass is 10.1. The summed E-state index contributed by atoms with van der Waals surface area (Å²) in [7, 11) is 1.67. The van der Waals surface area contributed by atoms with Crippen molar-refractivity contribution in [3.05, 3.63) is 71.3 Å². The van der Waals surface area contributed by atoms with Crippen molar-refractivity contribution in [3.8, 4) is 0 Å². The van der Waals surface area contributed by atoms with Crippen molar-refractivity contribution in [2.24, 2.45) is 0 Å². The molecule has 9 nitrogen and oxygen atoms in total. The van der Waals surface area contributed by atoms with Crippen LogP contribution in [0.15, 0.2) is 48.5 Å². The highest BCUT2D eigenvalue weighted by molar-refractivity contribution is 6.04. The lowest BCUT2D eigenvalue weighted by Crippen LogP contribution is -2.49. The third-order valence-electron chi connectivity index (χ3n) is 5.57. The van der Waals surface area contributed by atoms with Gasteiger partial charge in [-0.2, -0.15) is 0 Å². The highest BCUT2D eigenvalue weighted by atomic mass is 16.2. The molecule has 0 bridgehead atoms. The molecule has 2 aromatic carbocycles. The first kappa shape index (κ1) is 22.2. The van der Waals surface area contributed by atoms with E-state index in [9.17, 15) is 14.4 Å². The Hall–Kier alpha value is -4.01. The number of benzene rings is 2. The molecule has 0 saturated carbocycles. The van der Waals surface area contributed by atoms with E-state index < -0.39 is 11.9 Å². The number of hydrogen-bond donors (Lipinski definition) is 3. The minimum atomic E-state index is -0.786. The Morgan fingerprint density at radius 1 is 1.15 bits per heavy atom. The van der Waals surface area contributed by atoms with E-state index in [2.05, 4.69) is 25.8 Å². The number of hydrogen-bond acceptors (Lipinski definition) is 6. The predicted molar refractivity (Wildman–Crippen MR) is 124 cm³/mol. The van der Waals surface area contributed by atoms with Crippen LogP contribution < -0.4 is 15.5 Å². The van der Waals surface area contributed by atoms with Crippen LogP contribution >= 0.6 is 0 Å². The van der Waals surface area contributed by atoms with Gasteiger partial charge in [0, 0.05) is 26.4 Å². The molecule has 0 aliphatic carbocycles. The summed E-state index contributed by atoms with van der Waals surface area (Å²) in [5.74, 6) is -0.0938. The normalized spacial score (nSPS) is 15.4. The molecular weight excluding hydrogens is 420 g/mol. The summed E-state index contributed by atoms with van der Waals surface area (Å²) < 4.78 is 0. The van der Waals surface area contributed by atoms with Gasteiger partial charge in [-0.1, -0.05) is 36.4 Å². The van der Waals surface area contributed by atoms with Crippen LogP contribution in [0.5, 0.6) is 0 Å². The summed E-state index contributed by atoms with van der Waals surface area (Å²) in [6.45, 7) is 1.79. The molecule has 0 radical (unpaired) electrons. The number of nitrogens with one attached hydrogen (secondary N) is 3. The number of rotatable bonds is 7. The van der Waals surface area contributed by atoms with Gasteiger partial charge in [-0.25, -0.2) is 4.98 Å². The van der Waals surface area contributed by atoms with Crippen molar-refractivity contribution >= 4 is 29.0 Å². The zero-order chi connectivity index (χ0) is 23.4. The molecule has 3 N–H and O–H groups in total. The Morgan fingerprint density at radius 3 is 2.70 bits per heavy atom. The van der Waals surface area contributed by atoms with Gasteiger partial charge in [0.2, 0.25) is 5.82 Å². The molecule has 2 amide bonds. The monoisotopic (exact) mass is 446 g/mol. The molecule has 1 aliphatic heterocycles. The molecule has 1 atom stereocenters. The number of aryl methyl sites for hydroxylation is 1. The highest BCUT2D eigenvalue weighted by Crippen LogP contribution is 2.29. The van der Waals surface area contributed by atoms with Crippen LogP contribution in [-0.2, 0) is 22.4 Å². The van der Waals surface area contributed by atoms with Gasteiger partial charge in [0.25, 0.3) is 11.8 Å². The van der Waals surface area contributed by atoms with E-state index in [0.717, 1.165) is 16.8 Å². The number of amides is 2. The number of carbonyl (C=O) groups excluding carboxylic acids is 3. The predicted octanol–water partition coefficient (Wildman–Crippen LogP) is 2.10. The Bertz CT molecular complexity index is 1170. The van der Waals surface area contributed by atoms with Gasteiger partial charge in [0.15, 0.2) is 0 Å². The fraction of sp³-hybridized carbons (Fsp3) is 0.292. The van der Waals surface area contributed by atoms with Crippen molar-refractivity contribution < 1.29 is 14.4 Å². The van der Waals surface area contributed by atoms with Crippen LogP contribution in [-0.4, -0.2) is 52.4 Å². The zero-order valence-corrected chi connectivity index (χ0v) is 18.6. The van der Waals surface area contributed by atoms with E-state index in [1.165, 1.54) is 4.90 Å². The summed E-state index contributed by atoms with van der Waals surface area (Å²) >= 11 is 0. The number of aromatic nitrogens is 3. The summed E-state index contributed by atoms with van der Waals surface area (Å²) in [6, 6.07) is 14.7. The number of H-pyrrole nitrogens is 1. The second-order valence-electron chi connectivity index (χ2n) is 8.13. The van der Waals surface area contributed by atoms with Gasteiger partial charge in [-0.15, -0.1) is 5.10 Å².